The maximum Gasteiger partial charge on any atom is 0.307 e. The Morgan fingerprint density at radius 2 is 2.15 bits per heavy atom. The number of ether oxygens (including phenoxy) is 1. The molecule has 3 atom stereocenters. The molecule has 1 aromatic heterocycles. The summed E-state index contributed by atoms with van der Waals surface area (Å²) in [5.41, 5.74) is 1.09. The third-order valence-electron chi connectivity index (χ3n) is 4.20. The third kappa shape index (κ3) is 2.45. The summed E-state index contributed by atoms with van der Waals surface area (Å²) >= 11 is 1.61. The van der Waals surface area contributed by atoms with Crippen LogP contribution in [-0.2, 0) is 14.3 Å². The number of morpholine rings is 1. The Morgan fingerprint density at radius 3 is 2.75 bits per heavy atom. The molecule has 1 aliphatic heterocycles. The topological polar surface area (TPSA) is 66.8 Å². The van der Waals surface area contributed by atoms with Crippen LogP contribution in [0.15, 0.2) is 16.8 Å². The molecule has 0 radical (unpaired) electrons. The van der Waals surface area contributed by atoms with Gasteiger partial charge in [-0.15, -0.1) is 0 Å². The maximum absolute atomic E-state index is 12.4. The lowest BCUT2D eigenvalue weighted by atomic mass is 9.73. The van der Waals surface area contributed by atoms with Gasteiger partial charge >= 0.3 is 5.97 Å². The van der Waals surface area contributed by atoms with Crippen LogP contribution in [0.2, 0.25) is 0 Å². The fraction of sp³-hybridized carbons (Fsp3) is 0.571. The molecule has 1 aromatic rings. The number of amides is 1. The molecule has 2 aliphatic rings. The normalized spacial score (nSPS) is 29.8. The van der Waals surface area contributed by atoms with Gasteiger partial charge in [-0.25, -0.2) is 0 Å². The van der Waals surface area contributed by atoms with Gasteiger partial charge in [0.1, 0.15) is 6.10 Å². The first-order valence-corrected chi connectivity index (χ1v) is 7.76. The van der Waals surface area contributed by atoms with Gasteiger partial charge in [-0.05, 0) is 35.2 Å². The van der Waals surface area contributed by atoms with E-state index in [2.05, 4.69) is 0 Å². The minimum absolute atomic E-state index is 0.0211. The second-order valence-electron chi connectivity index (χ2n) is 5.33. The standard InChI is InChI=1S/C14H17NO4S/c16-13(10-1-2-11(10)14(17)18)15-4-5-19-12(7-15)9-3-6-20-8-9/h3,6,8,10-12H,1-2,4-5,7H2,(H,17,18). The van der Waals surface area contributed by atoms with E-state index < -0.39 is 11.9 Å². The van der Waals surface area contributed by atoms with Gasteiger partial charge in [0, 0.05) is 6.54 Å². The van der Waals surface area contributed by atoms with E-state index in [9.17, 15) is 9.59 Å². The summed E-state index contributed by atoms with van der Waals surface area (Å²) < 4.78 is 5.70. The zero-order chi connectivity index (χ0) is 14.1. The number of carbonyl (C=O) groups is 2. The quantitative estimate of drug-likeness (QED) is 0.922. The third-order valence-corrected chi connectivity index (χ3v) is 4.90. The van der Waals surface area contributed by atoms with E-state index >= 15 is 0 Å². The first-order chi connectivity index (χ1) is 9.66. The SMILES string of the molecule is O=C(O)C1CCC1C(=O)N1CCOC(c2ccsc2)C1. The minimum atomic E-state index is -0.850. The van der Waals surface area contributed by atoms with Crippen molar-refractivity contribution in [3.63, 3.8) is 0 Å². The van der Waals surface area contributed by atoms with Crippen LogP contribution in [0.25, 0.3) is 0 Å². The largest absolute Gasteiger partial charge is 0.481 e. The Balaban J connectivity index is 1.65. The number of carboxylic acids is 1. The van der Waals surface area contributed by atoms with E-state index in [1.54, 1.807) is 16.2 Å². The summed E-state index contributed by atoms with van der Waals surface area (Å²) in [7, 11) is 0. The summed E-state index contributed by atoms with van der Waals surface area (Å²) in [4.78, 5) is 25.2. The number of thiophene rings is 1. The maximum atomic E-state index is 12.4. The Labute approximate surface area is 121 Å². The number of hydrogen-bond acceptors (Lipinski definition) is 4. The molecule has 1 amide bonds. The lowest BCUT2D eigenvalue weighted by Crippen LogP contribution is -2.50. The van der Waals surface area contributed by atoms with Crippen molar-refractivity contribution in [3.05, 3.63) is 22.4 Å². The van der Waals surface area contributed by atoms with Crippen molar-refractivity contribution >= 4 is 23.2 Å². The summed E-state index contributed by atoms with van der Waals surface area (Å²) in [6, 6.07) is 2.01. The van der Waals surface area contributed by atoms with Gasteiger partial charge < -0.3 is 14.7 Å². The highest BCUT2D eigenvalue weighted by Crippen LogP contribution is 2.37. The molecular formula is C14H17NO4S. The van der Waals surface area contributed by atoms with Gasteiger partial charge in [-0.2, -0.15) is 11.3 Å². The number of carbonyl (C=O) groups excluding carboxylic acids is 1. The highest BCUT2D eigenvalue weighted by molar-refractivity contribution is 7.07. The van der Waals surface area contributed by atoms with E-state index in [0.717, 1.165) is 5.56 Å². The van der Waals surface area contributed by atoms with Crippen molar-refractivity contribution in [3.8, 4) is 0 Å². The lowest BCUT2D eigenvalue weighted by Gasteiger charge is -2.39. The second-order valence-corrected chi connectivity index (χ2v) is 6.11. The molecule has 5 nitrogen and oxygen atoms in total. The Morgan fingerprint density at radius 1 is 1.35 bits per heavy atom. The van der Waals surface area contributed by atoms with Gasteiger partial charge in [0.2, 0.25) is 5.91 Å². The molecule has 6 heteroatoms. The van der Waals surface area contributed by atoms with Crippen LogP contribution in [0.4, 0.5) is 0 Å². The van der Waals surface area contributed by atoms with Gasteiger partial charge in [-0.3, -0.25) is 9.59 Å². The monoisotopic (exact) mass is 295 g/mol. The van der Waals surface area contributed by atoms with E-state index in [0.29, 0.717) is 32.5 Å². The van der Waals surface area contributed by atoms with Crippen LogP contribution < -0.4 is 0 Å². The number of aliphatic carboxylic acids is 1. The summed E-state index contributed by atoms with van der Waals surface area (Å²) in [5.74, 6) is -1.71. The molecule has 108 valence electrons. The molecule has 0 spiro atoms. The molecule has 2 heterocycles. The molecule has 3 unspecified atom stereocenters. The predicted molar refractivity (Wildman–Crippen MR) is 73.4 cm³/mol. The van der Waals surface area contributed by atoms with Crippen LogP contribution in [-0.4, -0.2) is 41.6 Å². The number of nitrogens with zero attached hydrogens (tertiary/aromatic N) is 1. The Bertz CT molecular complexity index is 501. The average Bonchev–Trinajstić information content (AvgIpc) is 2.90. The van der Waals surface area contributed by atoms with Crippen molar-refractivity contribution in [1.29, 1.82) is 0 Å². The Kier molecular flexibility index (Phi) is 3.76. The highest BCUT2D eigenvalue weighted by atomic mass is 32.1. The van der Waals surface area contributed by atoms with E-state index in [1.807, 2.05) is 16.8 Å². The minimum Gasteiger partial charge on any atom is -0.481 e. The molecule has 1 aliphatic carbocycles. The van der Waals surface area contributed by atoms with Crippen molar-refractivity contribution in [2.24, 2.45) is 11.8 Å². The van der Waals surface area contributed by atoms with Gasteiger partial charge in [0.05, 0.1) is 25.0 Å². The van der Waals surface area contributed by atoms with Gasteiger partial charge in [0.15, 0.2) is 0 Å². The molecule has 0 aromatic carbocycles. The zero-order valence-corrected chi connectivity index (χ0v) is 11.8. The average molecular weight is 295 g/mol. The summed E-state index contributed by atoms with van der Waals surface area (Å²) in [5, 5.41) is 13.1. The van der Waals surface area contributed by atoms with Crippen LogP contribution in [0.5, 0.6) is 0 Å². The summed E-state index contributed by atoms with van der Waals surface area (Å²) in [6.45, 7) is 1.59. The van der Waals surface area contributed by atoms with E-state index in [-0.39, 0.29) is 17.9 Å². The second kappa shape index (κ2) is 5.54. The lowest BCUT2D eigenvalue weighted by molar-refractivity contribution is -0.160. The number of rotatable bonds is 3. The van der Waals surface area contributed by atoms with Crippen molar-refractivity contribution < 1.29 is 19.4 Å². The predicted octanol–water partition coefficient (Wildman–Crippen LogP) is 1.76. The molecule has 2 fully saturated rings. The fourth-order valence-corrected chi connectivity index (χ4v) is 3.54. The number of hydrogen-bond donors (Lipinski definition) is 1. The Hall–Kier alpha value is -1.40. The van der Waals surface area contributed by atoms with E-state index in [1.165, 1.54) is 0 Å². The number of carboxylic acid groups (broad SMARTS) is 1. The first-order valence-electron chi connectivity index (χ1n) is 6.82. The summed E-state index contributed by atoms with van der Waals surface area (Å²) in [6.07, 6.45) is 1.22. The van der Waals surface area contributed by atoms with E-state index in [4.69, 9.17) is 9.84 Å². The van der Waals surface area contributed by atoms with Crippen LogP contribution >= 0.6 is 11.3 Å². The molecule has 0 bridgehead atoms. The molecular weight excluding hydrogens is 278 g/mol. The van der Waals surface area contributed by atoms with Crippen LogP contribution in [0.3, 0.4) is 0 Å². The van der Waals surface area contributed by atoms with Crippen molar-refractivity contribution in [2.75, 3.05) is 19.7 Å². The zero-order valence-electron chi connectivity index (χ0n) is 11.0. The highest BCUT2D eigenvalue weighted by Gasteiger charge is 2.44. The van der Waals surface area contributed by atoms with Crippen LogP contribution in [0.1, 0.15) is 24.5 Å². The van der Waals surface area contributed by atoms with Gasteiger partial charge in [0.25, 0.3) is 0 Å². The van der Waals surface area contributed by atoms with Crippen molar-refractivity contribution in [1.82, 2.24) is 4.90 Å². The molecule has 1 saturated heterocycles. The molecule has 3 rings (SSSR count). The molecule has 1 N–H and O–H groups in total. The van der Waals surface area contributed by atoms with Crippen molar-refractivity contribution in [2.45, 2.75) is 18.9 Å². The van der Waals surface area contributed by atoms with Gasteiger partial charge in [-0.1, -0.05) is 0 Å². The fourth-order valence-electron chi connectivity index (χ4n) is 2.83. The molecule has 20 heavy (non-hydrogen) atoms. The first kappa shape index (κ1) is 13.6. The smallest absolute Gasteiger partial charge is 0.307 e. The molecule has 1 saturated carbocycles. The van der Waals surface area contributed by atoms with Crippen LogP contribution in [0, 0.1) is 11.8 Å².